The van der Waals surface area contributed by atoms with Gasteiger partial charge in [-0.05, 0) is 25.1 Å². The van der Waals surface area contributed by atoms with E-state index in [1.807, 2.05) is 20.8 Å². The quantitative estimate of drug-likeness (QED) is 0.847. The lowest BCUT2D eigenvalue weighted by Crippen LogP contribution is -2.21. The van der Waals surface area contributed by atoms with E-state index in [1.54, 1.807) is 13.0 Å². The number of halogens is 1. The van der Waals surface area contributed by atoms with E-state index in [1.165, 1.54) is 19.2 Å². The number of carbonyl (C=O) groups excluding carboxylic acids is 2. The van der Waals surface area contributed by atoms with Gasteiger partial charge in [-0.2, -0.15) is 0 Å². The Bertz CT molecular complexity index is 790. The first-order chi connectivity index (χ1) is 11.1. The highest BCUT2D eigenvalue weighted by Gasteiger charge is 2.29. The molecular weight excluding hydrogens is 332 g/mol. The fourth-order valence-electron chi connectivity index (χ4n) is 2.21. The van der Waals surface area contributed by atoms with E-state index in [-0.39, 0.29) is 21.9 Å². The summed E-state index contributed by atoms with van der Waals surface area (Å²) in [5.74, 6) is -0.510. The van der Waals surface area contributed by atoms with Crippen LogP contribution in [0.3, 0.4) is 0 Å². The maximum Gasteiger partial charge on any atom is 0.339 e. The topological polar surface area (TPSA) is 81.4 Å². The normalized spacial score (nSPS) is 11.2. The van der Waals surface area contributed by atoms with Crippen molar-refractivity contribution in [2.75, 3.05) is 12.4 Å². The molecule has 24 heavy (non-hydrogen) atoms. The summed E-state index contributed by atoms with van der Waals surface area (Å²) in [5, 5.41) is 6.98. The van der Waals surface area contributed by atoms with Gasteiger partial charge in [0.2, 0.25) is 0 Å². The zero-order valence-electron chi connectivity index (χ0n) is 14.2. The number of nitrogens with zero attached hydrogens (tertiary/aromatic N) is 1. The van der Waals surface area contributed by atoms with Gasteiger partial charge in [0.15, 0.2) is 0 Å². The first-order valence-electron chi connectivity index (χ1n) is 7.31. The second kappa shape index (κ2) is 6.65. The lowest BCUT2D eigenvalue weighted by Gasteiger charge is -2.16. The Labute approximate surface area is 145 Å². The van der Waals surface area contributed by atoms with Gasteiger partial charge >= 0.3 is 5.97 Å². The van der Waals surface area contributed by atoms with Crippen LogP contribution in [0, 0.1) is 6.92 Å². The number of aryl methyl sites for hydroxylation is 1. The summed E-state index contributed by atoms with van der Waals surface area (Å²) < 4.78 is 9.84. The van der Waals surface area contributed by atoms with Crippen LogP contribution < -0.4 is 5.32 Å². The van der Waals surface area contributed by atoms with Crippen molar-refractivity contribution in [2.45, 2.75) is 33.1 Å². The maximum absolute atomic E-state index is 12.6. The van der Waals surface area contributed by atoms with Crippen LogP contribution in [0.2, 0.25) is 5.02 Å². The van der Waals surface area contributed by atoms with E-state index in [0.717, 1.165) is 0 Å². The zero-order chi connectivity index (χ0) is 18.1. The number of methoxy groups -OCH3 is 1. The van der Waals surface area contributed by atoms with Crippen molar-refractivity contribution in [3.05, 3.63) is 45.8 Å². The van der Waals surface area contributed by atoms with Crippen molar-refractivity contribution in [3.8, 4) is 0 Å². The van der Waals surface area contributed by atoms with Gasteiger partial charge in [0.1, 0.15) is 17.0 Å². The number of esters is 1. The molecule has 0 saturated carbocycles. The van der Waals surface area contributed by atoms with E-state index in [0.29, 0.717) is 22.7 Å². The van der Waals surface area contributed by atoms with Crippen LogP contribution in [0.25, 0.3) is 0 Å². The van der Waals surface area contributed by atoms with Crippen LogP contribution in [0.5, 0.6) is 0 Å². The summed E-state index contributed by atoms with van der Waals surface area (Å²) in [7, 11) is 1.26. The molecule has 0 fully saturated rings. The Morgan fingerprint density at radius 2 is 1.96 bits per heavy atom. The number of amides is 1. The number of aromatic nitrogens is 1. The molecule has 2 aromatic rings. The average molecular weight is 351 g/mol. The Morgan fingerprint density at radius 3 is 2.54 bits per heavy atom. The van der Waals surface area contributed by atoms with Crippen LogP contribution in [-0.4, -0.2) is 24.1 Å². The number of hydrogen-bond acceptors (Lipinski definition) is 5. The molecular formula is C17H19ClN2O4. The van der Waals surface area contributed by atoms with Crippen molar-refractivity contribution in [1.29, 1.82) is 0 Å². The molecule has 0 bridgehead atoms. The minimum atomic E-state index is -0.576. The second-order valence-electron chi connectivity index (χ2n) is 6.35. The maximum atomic E-state index is 12.6. The summed E-state index contributed by atoms with van der Waals surface area (Å²) >= 11 is 5.98. The van der Waals surface area contributed by atoms with Gasteiger partial charge in [-0.3, -0.25) is 4.79 Å². The highest BCUT2D eigenvalue weighted by Crippen LogP contribution is 2.28. The molecule has 1 aromatic heterocycles. The molecule has 1 amide bonds. The third kappa shape index (κ3) is 3.59. The predicted molar refractivity (Wildman–Crippen MR) is 90.7 cm³/mol. The van der Waals surface area contributed by atoms with Crippen LogP contribution in [0.1, 0.15) is 52.9 Å². The van der Waals surface area contributed by atoms with Gasteiger partial charge in [-0.1, -0.05) is 37.5 Å². The molecule has 128 valence electrons. The largest absolute Gasteiger partial charge is 0.465 e. The highest BCUT2D eigenvalue weighted by molar-refractivity contribution is 6.33. The Kier molecular flexibility index (Phi) is 4.99. The first-order valence-corrected chi connectivity index (χ1v) is 7.69. The number of nitrogens with one attached hydrogen (secondary N) is 1. The molecule has 0 unspecified atom stereocenters. The minimum Gasteiger partial charge on any atom is -0.465 e. The molecule has 1 heterocycles. The molecule has 1 N–H and O–H groups in total. The molecule has 6 nitrogen and oxygen atoms in total. The highest BCUT2D eigenvalue weighted by atomic mass is 35.5. The third-order valence-electron chi connectivity index (χ3n) is 3.43. The monoisotopic (exact) mass is 350 g/mol. The van der Waals surface area contributed by atoms with E-state index in [2.05, 4.69) is 15.2 Å². The first kappa shape index (κ1) is 18.0. The van der Waals surface area contributed by atoms with Crippen molar-refractivity contribution < 1.29 is 18.8 Å². The van der Waals surface area contributed by atoms with Crippen molar-refractivity contribution >= 4 is 29.2 Å². The molecule has 0 spiro atoms. The molecule has 0 aliphatic rings. The average Bonchev–Trinajstić information content (AvgIpc) is 2.90. The molecule has 0 radical (unpaired) electrons. The van der Waals surface area contributed by atoms with Gasteiger partial charge in [0.25, 0.3) is 5.91 Å². The summed E-state index contributed by atoms with van der Waals surface area (Å²) in [6.07, 6.45) is 0. The number of rotatable bonds is 3. The Balaban J connectivity index is 2.35. The van der Waals surface area contributed by atoms with Crippen LogP contribution in [0.4, 0.5) is 5.69 Å². The van der Waals surface area contributed by atoms with Gasteiger partial charge in [0, 0.05) is 11.1 Å². The molecule has 2 rings (SSSR count). The number of anilines is 1. The predicted octanol–water partition coefficient (Wildman–Crippen LogP) is 3.97. The summed E-state index contributed by atoms with van der Waals surface area (Å²) in [6, 6.07) is 4.59. The molecule has 0 saturated heterocycles. The Hall–Kier alpha value is -2.34. The van der Waals surface area contributed by atoms with E-state index < -0.39 is 5.97 Å². The molecule has 1 aromatic carbocycles. The van der Waals surface area contributed by atoms with Crippen LogP contribution in [-0.2, 0) is 10.2 Å². The number of ether oxygens (including phenoxy) is 1. The van der Waals surface area contributed by atoms with Crippen molar-refractivity contribution in [1.82, 2.24) is 5.16 Å². The smallest absolute Gasteiger partial charge is 0.339 e. The SMILES string of the molecule is COC(=O)c1cc(NC(=O)c2c(C(C)(C)C)noc2C)ccc1Cl. The van der Waals surface area contributed by atoms with Gasteiger partial charge in [-0.25, -0.2) is 4.79 Å². The van der Waals surface area contributed by atoms with Crippen LogP contribution >= 0.6 is 11.6 Å². The van der Waals surface area contributed by atoms with E-state index in [4.69, 9.17) is 16.1 Å². The lowest BCUT2D eigenvalue weighted by atomic mass is 9.88. The van der Waals surface area contributed by atoms with E-state index in [9.17, 15) is 9.59 Å². The number of carbonyl (C=O) groups is 2. The van der Waals surface area contributed by atoms with Gasteiger partial charge in [0.05, 0.1) is 17.7 Å². The number of benzene rings is 1. The van der Waals surface area contributed by atoms with Gasteiger partial charge < -0.3 is 14.6 Å². The van der Waals surface area contributed by atoms with E-state index >= 15 is 0 Å². The fourth-order valence-corrected chi connectivity index (χ4v) is 2.41. The summed E-state index contributed by atoms with van der Waals surface area (Å²) in [4.78, 5) is 24.3. The molecule has 0 aliphatic heterocycles. The van der Waals surface area contributed by atoms with Crippen LogP contribution in [0.15, 0.2) is 22.7 Å². The lowest BCUT2D eigenvalue weighted by molar-refractivity contribution is 0.0600. The molecule has 0 atom stereocenters. The number of hydrogen-bond donors (Lipinski definition) is 1. The van der Waals surface area contributed by atoms with Crippen molar-refractivity contribution in [3.63, 3.8) is 0 Å². The Morgan fingerprint density at radius 1 is 1.29 bits per heavy atom. The zero-order valence-corrected chi connectivity index (χ0v) is 14.9. The fraction of sp³-hybridized carbons (Fsp3) is 0.353. The standard InChI is InChI=1S/C17H19ClN2O4/c1-9-13(14(20-24-9)17(2,3)4)15(21)19-10-6-7-12(18)11(8-10)16(22)23-5/h6-8H,1-5H3,(H,19,21). The minimum absolute atomic E-state index is 0.176. The van der Waals surface area contributed by atoms with Gasteiger partial charge in [-0.15, -0.1) is 0 Å². The second-order valence-corrected chi connectivity index (χ2v) is 6.76. The van der Waals surface area contributed by atoms with Crippen molar-refractivity contribution in [2.24, 2.45) is 0 Å². The molecule has 0 aliphatic carbocycles. The molecule has 7 heteroatoms. The summed E-state index contributed by atoms with van der Waals surface area (Å²) in [5.41, 5.74) is 1.21. The third-order valence-corrected chi connectivity index (χ3v) is 3.76. The summed E-state index contributed by atoms with van der Waals surface area (Å²) in [6.45, 7) is 7.51.